The predicted molar refractivity (Wildman–Crippen MR) is 115 cm³/mol. The lowest BCUT2D eigenvalue weighted by atomic mass is 10.1. The second-order valence-electron chi connectivity index (χ2n) is 7.02. The van der Waals surface area contributed by atoms with Crippen molar-refractivity contribution in [3.8, 4) is 0 Å². The summed E-state index contributed by atoms with van der Waals surface area (Å²) >= 11 is 1.45. The number of nitrogens with zero attached hydrogens (tertiary/aromatic N) is 1. The molecule has 0 aromatic heterocycles. The van der Waals surface area contributed by atoms with Crippen molar-refractivity contribution in [3.05, 3.63) is 59.7 Å². The van der Waals surface area contributed by atoms with Crippen LogP contribution in [0.5, 0.6) is 0 Å². The number of nitrogens with one attached hydrogen (secondary N) is 1. The topological polar surface area (TPSA) is 75.7 Å². The molecule has 7 heteroatoms. The maximum Gasteiger partial charge on any atom is 0.316 e. The average Bonchev–Trinajstić information content (AvgIpc) is 2.82. The van der Waals surface area contributed by atoms with E-state index in [-0.39, 0.29) is 36.6 Å². The number of ether oxygens (including phenoxy) is 1. The van der Waals surface area contributed by atoms with Gasteiger partial charge in [-0.1, -0.05) is 42.0 Å². The van der Waals surface area contributed by atoms with E-state index in [9.17, 15) is 14.4 Å². The quantitative estimate of drug-likeness (QED) is 0.735. The first-order chi connectivity index (χ1) is 13.9. The number of hydrogen-bond acceptors (Lipinski definition) is 5. The van der Waals surface area contributed by atoms with Crippen LogP contribution in [-0.4, -0.2) is 36.2 Å². The van der Waals surface area contributed by atoms with Crippen molar-refractivity contribution in [2.24, 2.45) is 0 Å². The standard InChI is InChI=1S/C22H24N2O4S/c1-15-7-9-17(10-8-15)13-29-14-22(27)28-12-21(26)24-16(2)11-20(25)23-18-5-3-4-6-19(18)24/h3-10,16H,11-14H2,1-2H3,(H,23,25)/t16-/m1/s1. The Bertz CT molecular complexity index is 898. The van der Waals surface area contributed by atoms with E-state index in [1.165, 1.54) is 22.2 Å². The molecule has 152 valence electrons. The van der Waals surface area contributed by atoms with Crippen LogP contribution >= 0.6 is 11.8 Å². The van der Waals surface area contributed by atoms with E-state index in [0.29, 0.717) is 17.1 Å². The molecule has 2 aromatic carbocycles. The Morgan fingerprint density at radius 2 is 1.90 bits per heavy atom. The highest BCUT2D eigenvalue weighted by Gasteiger charge is 2.29. The maximum atomic E-state index is 12.8. The summed E-state index contributed by atoms with van der Waals surface area (Å²) in [6, 6.07) is 14.9. The van der Waals surface area contributed by atoms with Crippen LogP contribution in [0.1, 0.15) is 24.5 Å². The third-order valence-electron chi connectivity index (χ3n) is 4.59. The van der Waals surface area contributed by atoms with Crippen molar-refractivity contribution in [1.82, 2.24) is 0 Å². The Morgan fingerprint density at radius 1 is 1.17 bits per heavy atom. The number of carbonyl (C=O) groups excluding carboxylic acids is 3. The highest BCUT2D eigenvalue weighted by molar-refractivity contribution is 7.99. The third kappa shape index (κ3) is 5.60. The number of rotatable bonds is 6. The molecular formula is C22H24N2O4S. The first-order valence-electron chi connectivity index (χ1n) is 9.44. The van der Waals surface area contributed by atoms with Gasteiger partial charge in [-0.25, -0.2) is 0 Å². The molecule has 1 aliphatic heterocycles. The van der Waals surface area contributed by atoms with E-state index in [4.69, 9.17) is 4.74 Å². The second kappa shape index (κ2) is 9.60. The first kappa shape index (κ1) is 20.9. The molecule has 0 fully saturated rings. The number of anilines is 2. The Balaban J connectivity index is 1.53. The molecule has 0 radical (unpaired) electrons. The fraction of sp³-hybridized carbons (Fsp3) is 0.318. The number of carbonyl (C=O) groups is 3. The molecule has 0 unspecified atom stereocenters. The van der Waals surface area contributed by atoms with E-state index in [0.717, 1.165) is 5.56 Å². The number of benzene rings is 2. The summed E-state index contributed by atoms with van der Waals surface area (Å²) in [5.41, 5.74) is 3.52. The molecule has 0 spiro atoms. The molecule has 29 heavy (non-hydrogen) atoms. The molecule has 6 nitrogen and oxygen atoms in total. The predicted octanol–water partition coefficient (Wildman–Crippen LogP) is 3.54. The number of para-hydroxylation sites is 2. The highest BCUT2D eigenvalue weighted by atomic mass is 32.2. The van der Waals surface area contributed by atoms with Crippen LogP contribution in [0.15, 0.2) is 48.5 Å². The van der Waals surface area contributed by atoms with Crippen molar-refractivity contribution in [2.75, 3.05) is 22.6 Å². The van der Waals surface area contributed by atoms with Crippen molar-refractivity contribution in [2.45, 2.75) is 32.1 Å². The van der Waals surface area contributed by atoms with Crippen LogP contribution < -0.4 is 10.2 Å². The van der Waals surface area contributed by atoms with Gasteiger partial charge in [-0.2, -0.15) is 0 Å². The molecule has 0 saturated heterocycles. The summed E-state index contributed by atoms with van der Waals surface area (Å²) in [5, 5.41) is 2.81. The lowest BCUT2D eigenvalue weighted by molar-refractivity contribution is -0.145. The normalized spacial score (nSPS) is 15.9. The van der Waals surface area contributed by atoms with Crippen LogP contribution in [0.3, 0.4) is 0 Å². The summed E-state index contributed by atoms with van der Waals surface area (Å²) in [6.07, 6.45) is 0.181. The minimum Gasteiger partial charge on any atom is -0.455 e. The zero-order valence-corrected chi connectivity index (χ0v) is 17.3. The SMILES string of the molecule is Cc1ccc(CSCC(=O)OCC(=O)N2c3ccccc3NC(=O)C[C@H]2C)cc1. The third-order valence-corrected chi connectivity index (χ3v) is 5.57. The summed E-state index contributed by atoms with van der Waals surface area (Å²) in [5.74, 6) is -0.0513. The van der Waals surface area contributed by atoms with Gasteiger partial charge in [0.1, 0.15) is 0 Å². The zero-order chi connectivity index (χ0) is 20.8. The zero-order valence-electron chi connectivity index (χ0n) is 16.5. The molecule has 0 bridgehead atoms. The van der Waals surface area contributed by atoms with Crippen molar-refractivity contribution < 1.29 is 19.1 Å². The molecule has 2 aromatic rings. The number of thioether (sulfide) groups is 1. The summed E-state index contributed by atoms with van der Waals surface area (Å²) in [4.78, 5) is 38.3. The van der Waals surface area contributed by atoms with Gasteiger partial charge >= 0.3 is 5.97 Å². The van der Waals surface area contributed by atoms with Gasteiger partial charge in [0.05, 0.1) is 17.1 Å². The lowest BCUT2D eigenvalue weighted by Gasteiger charge is -2.27. The van der Waals surface area contributed by atoms with Gasteiger partial charge in [0.15, 0.2) is 6.61 Å². The molecule has 3 rings (SSSR count). The maximum absolute atomic E-state index is 12.8. The van der Waals surface area contributed by atoms with Crippen LogP contribution in [-0.2, 0) is 24.9 Å². The van der Waals surface area contributed by atoms with Gasteiger partial charge in [-0.15, -0.1) is 11.8 Å². The Morgan fingerprint density at radius 3 is 2.66 bits per heavy atom. The largest absolute Gasteiger partial charge is 0.455 e. The minimum absolute atomic E-state index is 0.148. The minimum atomic E-state index is -0.430. The van der Waals surface area contributed by atoms with Crippen LogP contribution in [0, 0.1) is 6.92 Å². The smallest absolute Gasteiger partial charge is 0.316 e. The van der Waals surface area contributed by atoms with Crippen molar-refractivity contribution in [1.29, 1.82) is 0 Å². The van der Waals surface area contributed by atoms with Crippen LogP contribution in [0.2, 0.25) is 0 Å². The number of esters is 1. The summed E-state index contributed by atoms with van der Waals surface area (Å²) < 4.78 is 5.19. The Kier molecular flexibility index (Phi) is 6.93. The fourth-order valence-corrected chi connectivity index (χ4v) is 3.94. The number of hydrogen-bond donors (Lipinski definition) is 1. The van der Waals surface area contributed by atoms with E-state index in [1.54, 1.807) is 31.2 Å². The Hall–Kier alpha value is -2.80. The van der Waals surface area contributed by atoms with Gasteiger partial charge < -0.3 is 15.0 Å². The second-order valence-corrected chi connectivity index (χ2v) is 8.01. The molecule has 0 saturated carbocycles. The molecular weight excluding hydrogens is 388 g/mol. The molecule has 1 heterocycles. The van der Waals surface area contributed by atoms with Gasteiger partial charge in [-0.05, 0) is 31.5 Å². The average molecular weight is 413 g/mol. The van der Waals surface area contributed by atoms with Crippen molar-refractivity contribution in [3.63, 3.8) is 0 Å². The molecule has 1 N–H and O–H groups in total. The van der Waals surface area contributed by atoms with E-state index < -0.39 is 5.97 Å². The molecule has 0 aliphatic carbocycles. The summed E-state index contributed by atoms with van der Waals surface area (Å²) in [6.45, 7) is 3.48. The monoisotopic (exact) mass is 412 g/mol. The van der Waals surface area contributed by atoms with Gasteiger partial charge in [0.2, 0.25) is 5.91 Å². The van der Waals surface area contributed by atoms with E-state index in [1.807, 2.05) is 31.2 Å². The van der Waals surface area contributed by atoms with E-state index >= 15 is 0 Å². The van der Waals surface area contributed by atoms with Gasteiger partial charge in [-0.3, -0.25) is 14.4 Å². The van der Waals surface area contributed by atoms with Gasteiger partial charge in [0.25, 0.3) is 5.91 Å². The van der Waals surface area contributed by atoms with Crippen LogP contribution in [0.4, 0.5) is 11.4 Å². The van der Waals surface area contributed by atoms with Crippen LogP contribution in [0.25, 0.3) is 0 Å². The molecule has 2 amide bonds. The first-order valence-corrected chi connectivity index (χ1v) is 10.6. The molecule has 1 aliphatic rings. The highest BCUT2D eigenvalue weighted by Crippen LogP contribution is 2.31. The lowest BCUT2D eigenvalue weighted by Crippen LogP contribution is -2.41. The summed E-state index contributed by atoms with van der Waals surface area (Å²) in [7, 11) is 0. The number of amides is 2. The molecule has 1 atom stereocenters. The number of aryl methyl sites for hydroxylation is 1. The van der Waals surface area contributed by atoms with Gasteiger partial charge in [0, 0.05) is 18.2 Å². The Labute approximate surface area is 174 Å². The number of fused-ring (bicyclic) bond motifs is 1. The fourth-order valence-electron chi connectivity index (χ4n) is 3.16. The van der Waals surface area contributed by atoms with E-state index in [2.05, 4.69) is 5.32 Å². The van der Waals surface area contributed by atoms with Crippen molar-refractivity contribution >= 4 is 40.9 Å².